The molecule has 3 aromatic rings. The van der Waals surface area contributed by atoms with E-state index >= 15 is 0 Å². The number of carbonyl (C=O) groups is 2. The van der Waals surface area contributed by atoms with Gasteiger partial charge in [-0.3, -0.25) is 4.79 Å². The van der Waals surface area contributed by atoms with E-state index in [9.17, 15) is 9.59 Å². The Bertz CT molecular complexity index is 1330. The van der Waals surface area contributed by atoms with Crippen LogP contribution in [0.4, 0.5) is 22.2 Å². The quantitative estimate of drug-likeness (QED) is 0.493. The normalized spacial score (nSPS) is 16.5. The van der Waals surface area contributed by atoms with E-state index in [4.69, 9.17) is 14.1 Å². The lowest BCUT2D eigenvalue weighted by Crippen LogP contribution is -2.50. The SMILES string of the molecule is CN(C)C(=O)c1oc2cnc(Nc3ccc(N4CCN(C(=O)OC(C)(C)C)CC4)cn3)nc2c1C1CCCC1. The molecule has 1 saturated heterocycles. The highest BCUT2D eigenvalue weighted by atomic mass is 16.6. The zero-order valence-electron chi connectivity index (χ0n) is 23.4. The Morgan fingerprint density at radius 3 is 2.38 bits per heavy atom. The molecule has 11 nitrogen and oxygen atoms in total. The van der Waals surface area contributed by atoms with E-state index in [1.165, 1.54) is 4.90 Å². The number of fused-ring (bicyclic) bond motifs is 1. The lowest BCUT2D eigenvalue weighted by atomic mass is 9.96. The predicted octanol–water partition coefficient (Wildman–Crippen LogP) is 4.78. The minimum absolute atomic E-state index is 0.159. The number of aromatic nitrogens is 3. The summed E-state index contributed by atoms with van der Waals surface area (Å²) in [6.07, 6.45) is 7.45. The molecule has 2 amide bonds. The van der Waals surface area contributed by atoms with E-state index < -0.39 is 5.60 Å². The van der Waals surface area contributed by atoms with Crippen LogP contribution in [0.5, 0.6) is 0 Å². The molecule has 4 heterocycles. The number of rotatable bonds is 5. The van der Waals surface area contributed by atoms with Crippen LogP contribution in [0.25, 0.3) is 11.1 Å². The third-order valence-electron chi connectivity index (χ3n) is 7.12. The minimum atomic E-state index is -0.503. The van der Waals surface area contributed by atoms with Crippen molar-refractivity contribution in [3.8, 4) is 0 Å². The first-order valence-electron chi connectivity index (χ1n) is 13.6. The lowest BCUT2D eigenvalue weighted by molar-refractivity contribution is 0.0240. The smallest absolute Gasteiger partial charge is 0.410 e. The molecule has 1 aliphatic carbocycles. The van der Waals surface area contributed by atoms with Crippen LogP contribution in [0.1, 0.15) is 68.5 Å². The molecular weight excluding hydrogens is 498 g/mol. The zero-order chi connectivity index (χ0) is 27.7. The van der Waals surface area contributed by atoms with Gasteiger partial charge in [0.2, 0.25) is 5.95 Å². The van der Waals surface area contributed by atoms with Crippen molar-refractivity contribution in [1.82, 2.24) is 24.8 Å². The maximum atomic E-state index is 12.9. The van der Waals surface area contributed by atoms with Crippen molar-refractivity contribution in [3.05, 3.63) is 35.9 Å². The average Bonchev–Trinajstić information content (AvgIpc) is 3.55. The molecule has 1 aliphatic heterocycles. The van der Waals surface area contributed by atoms with Gasteiger partial charge in [-0.05, 0) is 51.7 Å². The molecule has 3 aromatic heterocycles. The highest BCUT2D eigenvalue weighted by molar-refractivity contribution is 5.98. The summed E-state index contributed by atoms with van der Waals surface area (Å²) in [6, 6.07) is 3.88. The molecule has 39 heavy (non-hydrogen) atoms. The van der Waals surface area contributed by atoms with Crippen molar-refractivity contribution >= 4 is 40.6 Å². The van der Waals surface area contributed by atoms with Crippen molar-refractivity contribution in [2.45, 2.75) is 58.0 Å². The van der Waals surface area contributed by atoms with Gasteiger partial charge in [-0.15, -0.1) is 0 Å². The van der Waals surface area contributed by atoms with Crippen LogP contribution >= 0.6 is 0 Å². The second-order valence-electron chi connectivity index (χ2n) is 11.4. The van der Waals surface area contributed by atoms with Crippen LogP contribution in [0.2, 0.25) is 0 Å². The van der Waals surface area contributed by atoms with Crippen molar-refractivity contribution in [2.24, 2.45) is 0 Å². The van der Waals surface area contributed by atoms with Gasteiger partial charge in [0.25, 0.3) is 5.91 Å². The third kappa shape index (κ3) is 5.91. The van der Waals surface area contributed by atoms with E-state index in [0.717, 1.165) is 36.9 Å². The van der Waals surface area contributed by atoms with Crippen LogP contribution in [0.15, 0.2) is 28.9 Å². The van der Waals surface area contributed by atoms with Crippen molar-refractivity contribution in [2.75, 3.05) is 50.5 Å². The number of nitrogens with zero attached hydrogens (tertiary/aromatic N) is 6. The van der Waals surface area contributed by atoms with Gasteiger partial charge in [0.1, 0.15) is 16.9 Å². The Hall–Kier alpha value is -3.89. The van der Waals surface area contributed by atoms with Gasteiger partial charge >= 0.3 is 6.09 Å². The molecule has 11 heteroatoms. The van der Waals surface area contributed by atoms with Crippen LogP contribution in [-0.2, 0) is 4.74 Å². The van der Waals surface area contributed by atoms with Gasteiger partial charge in [-0.25, -0.2) is 19.7 Å². The van der Waals surface area contributed by atoms with Crippen LogP contribution in [0.3, 0.4) is 0 Å². The number of ether oxygens (including phenoxy) is 1. The van der Waals surface area contributed by atoms with Gasteiger partial charge in [0, 0.05) is 45.8 Å². The maximum absolute atomic E-state index is 12.9. The summed E-state index contributed by atoms with van der Waals surface area (Å²) < 4.78 is 11.5. The van der Waals surface area contributed by atoms with Gasteiger partial charge in [0.05, 0.1) is 18.1 Å². The first-order chi connectivity index (χ1) is 18.6. The molecule has 1 saturated carbocycles. The molecule has 0 aromatic carbocycles. The minimum Gasteiger partial charge on any atom is -0.447 e. The molecule has 2 aliphatic rings. The van der Waals surface area contributed by atoms with Crippen molar-refractivity contribution in [3.63, 3.8) is 0 Å². The summed E-state index contributed by atoms with van der Waals surface area (Å²) >= 11 is 0. The first-order valence-corrected chi connectivity index (χ1v) is 13.6. The number of hydrogen-bond donors (Lipinski definition) is 1. The van der Waals surface area contributed by atoms with E-state index in [1.54, 1.807) is 31.4 Å². The average molecular weight is 536 g/mol. The summed E-state index contributed by atoms with van der Waals surface area (Å²) in [5.41, 5.74) is 2.56. The van der Waals surface area contributed by atoms with Gasteiger partial charge in [0.15, 0.2) is 11.3 Å². The summed E-state index contributed by atoms with van der Waals surface area (Å²) in [5.74, 6) is 1.47. The van der Waals surface area contributed by atoms with Crippen LogP contribution in [0, 0.1) is 0 Å². The van der Waals surface area contributed by atoms with Crippen molar-refractivity contribution in [1.29, 1.82) is 0 Å². The highest BCUT2D eigenvalue weighted by Gasteiger charge is 2.31. The Kier molecular flexibility index (Phi) is 7.33. The number of nitrogens with one attached hydrogen (secondary N) is 1. The van der Waals surface area contributed by atoms with Crippen LogP contribution in [-0.4, -0.2) is 82.6 Å². The monoisotopic (exact) mass is 535 g/mol. The summed E-state index contributed by atoms with van der Waals surface area (Å²) in [6.45, 7) is 8.21. The topological polar surface area (TPSA) is 117 Å². The largest absolute Gasteiger partial charge is 0.447 e. The Morgan fingerprint density at radius 2 is 1.77 bits per heavy atom. The molecule has 0 radical (unpaired) electrons. The molecule has 0 bridgehead atoms. The molecule has 5 rings (SSSR count). The summed E-state index contributed by atoms with van der Waals surface area (Å²) in [5, 5.41) is 3.19. The fourth-order valence-electron chi connectivity index (χ4n) is 5.16. The number of piperazine rings is 1. The Morgan fingerprint density at radius 1 is 1.05 bits per heavy atom. The molecular formula is C28H37N7O4. The van der Waals surface area contributed by atoms with E-state index in [-0.39, 0.29) is 17.9 Å². The number of furan rings is 1. The fourth-order valence-corrected chi connectivity index (χ4v) is 5.16. The van der Waals surface area contributed by atoms with Gasteiger partial charge < -0.3 is 29.2 Å². The molecule has 0 unspecified atom stereocenters. The summed E-state index contributed by atoms with van der Waals surface area (Å²) in [4.78, 5) is 44.4. The van der Waals surface area contributed by atoms with E-state index in [1.807, 2.05) is 32.9 Å². The number of carbonyl (C=O) groups excluding carboxylic acids is 2. The number of amides is 2. The highest BCUT2D eigenvalue weighted by Crippen LogP contribution is 2.41. The second-order valence-corrected chi connectivity index (χ2v) is 11.4. The fraction of sp³-hybridized carbons (Fsp3) is 0.536. The molecule has 1 N–H and O–H groups in total. The standard InChI is InChI=1S/C28H37N7O4/c1-28(2,3)39-27(37)35-14-12-34(13-15-35)19-10-11-21(29-16-19)31-26-30-17-20-23(32-26)22(18-8-6-7-9-18)24(38-20)25(36)33(4)5/h10-11,16-18H,6-9,12-15H2,1-5H3,(H,29,30,31,32). The lowest BCUT2D eigenvalue weighted by Gasteiger charge is -2.36. The summed E-state index contributed by atoms with van der Waals surface area (Å²) in [7, 11) is 3.45. The first kappa shape index (κ1) is 26.7. The number of anilines is 3. The maximum Gasteiger partial charge on any atom is 0.410 e. The van der Waals surface area contributed by atoms with Crippen molar-refractivity contribution < 1.29 is 18.7 Å². The van der Waals surface area contributed by atoms with E-state index in [2.05, 4.69) is 20.2 Å². The molecule has 0 spiro atoms. The predicted molar refractivity (Wildman–Crippen MR) is 149 cm³/mol. The van der Waals surface area contributed by atoms with Crippen LogP contribution < -0.4 is 10.2 Å². The van der Waals surface area contributed by atoms with E-state index in [0.29, 0.717) is 54.8 Å². The Balaban J connectivity index is 1.28. The zero-order valence-corrected chi connectivity index (χ0v) is 23.4. The Labute approximate surface area is 228 Å². The van der Waals surface area contributed by atoms with Gasteiger partial charge in [-0.2, -0.15) is 0 Å². The number of hydrogen-bond acceptors (Lipinski definition) is 9. The third-order valence-corrected chi connectivity index (χ3v) is 7.12. The molecule has 208 valence electrons. The number of pyridine rings is 1. The van der Waals surface area contributed by atoms with Gasteiger partial charge in [-0.1, -0.05) is 12.8 Å². The second kappa shape index (κ2) is 10.7. The molecule has 2 fully saturated rings. The molecule has 0 atom stereocenters.